The van der Waals surface area contributed by atoms with Crippen LogP contribution in [0, 0.1) is 6.92 Å². The quantitative estimate of drug-likeness (QED) is 0.587. The van der Waals surface area contributed by atoms with Crippen LogP contribution < -0.4 is 11.5 Å². The van der Waals surface area contributed by atoms with Crippen LogP contribution in [0.2, 0.25) is 0 Å². The Balaban J connectivity index is 2.15. The Hall–Kier alpha value is -0.590. The molecule has 0 aliphatic carbocycles. The number of aryl methyl sites for hydroxylation is 1. The molecule has 1 heterocycles. The Morgan fingerprint density at radius 2 is 2.29 bits per heavy atom. The molecular formula is C11H19N3OS2. The first-order valence-electron chi connectivity index (χ1n) is 5.55. The Labute approximate surface area is 110 Å². The van der Waals surface area contributed by atoms with Crippen molar-refractivity contribution in [2.45, 2.75) is 43.0 Å². The average molecular weight is 273 g/mol. The predicted molar refractivity (Wildman–Crippen MR) is 73.2 cm³/mol. The molecule has 0 bridgehead atoms. The van der Waals surface area contributed by atoms with Crippen molar-refractivity contribution in [1.29, 1.82) is 0 Å². The molecule has 1 rings (SSSR count). The van der Waals surface area contributed by atoms with Crippen LogP contribution >= 0.6 is 23.1 Å². The topological polar surface area (TPSA) is 82.0 Å². The fourth-order valence-electron chi connectivity index (χ4n) is 1.28. The van der Waals surface area contributed by atoms with Crippen molar-refractivity contribution in [2.24, 2.45) is 11.5 Å². The highest BCUT2D eigenvalue weighted by Gasteiger charge is 2.24. The number of hydrogen-bond donors (Lipinski definition) is 2. The monoisotopic (exact) mass is 273 g/mol. The summed E-state index contributed by atoms with van der Waals surface area (Å²) in [4.78, 5) is 15.4. The fraction of sp³-hybridized carbons (Fsp3) is 0.636. The zero-order chi connectivity index (χ0) is 12.9. The van der Waals surface area contributed by atoms with E-state index in [0.29, 0.717) is 6.42 Å². The molecule has 0 spiro atoms. The number of carbonyl (C=O) groups excluding carboxylic acids is 1. The molecule has 1 amide bonds. The largest absolute Gasteiger partial charge is 0.368 e. The van der Waals surface area contributed by atoms with Crippen LogP contribution in [-0.2, 0) is 4.79 Å². The molecule has 0 aliphatic heterocycles. The number of nitrogens with two attached hydrogens (primary N) is 2. The summed E-state index contributed by atoms with van der Waals surface area (Å²) in [7, 11) is 0. The molecule has 1 aromatic rings. The van der Waals surface area contributed by atoms with E-state index in [1.54, 1.807) is 30.0 Å². The number of hydrogen-bond acceptors (Lipinski definition) is 5. The second-order valence-electron chi connectivity index (χ2n) is 4.34. The predicted octanol–water partition coefficient (Wildman–Crippen LogP) is 1.92. The Morgan fingerprint density at radius 1 is 1.59 bits per heavy atom. The van der Waals surface area contributed by atoms with Gasteiger partial charge in [-0.05, 0) is 26.7 Å². The maximum atomic E-state index is 11.0. The minimum absolute atomic E-state index is 0.430. The number of unbranched alkanes of at least 4 members (excludes halogenated alkanes) is 1. The van der Waals surface area contributed by atoms with Crippen LogP contribution in [-0.4, -0.2) is 22.2 Å². The fourth-order valence-corrected chi connectivity index (χ4v) is 3.19. The van der Waals surface area contributed by atoms with Gasteiger partial charge in [0.15, 0.2) is 0 Å². The number of thiazole rings is 1. The van der Waals surface area contributed by atoms with Gasteiger partial charge < -0.3 is 11.5 Å². The third-order valence-electron chi connectivity index (χ3n) is 2.48. The minimum atomic E-state index is -0.873. The van der Waals surface area contributed by atoms with Crippen LogP contribution in [0.3, 0.4) is 0 Å². The van der Waals surface area contributed by atoms with Crippen LogP contribution in [0.1, 0.15) is 31.9 Å². The summed E-state index contributed by atoms with van der Waals surface area (Å²) < 4.78 is 1.10. The van der Waals surface area contributed by atoms with E-state index >= 15 is 0 Å². The van der Waals surface area contributed by atoms with E-state index in [1.165, 1.54) is 0 Å². The second kappa shape index (κ2) is 6.37. The van der Waals surface area contributed by atoms with Gasteiger partial charge in [0.25, 0.3) is 0 Å². The molecule has 0 saturated carbocycles. The third kappa shape index (κ3) is 5.06. The van der Waals surface area contributed by atoms with E-state index in [2.05, 4.69) is 4.98 Å². The van der Waals surface area contributed by atoms with Crippen molar-refractivity contribution in [1.82, 2.24) is 4.98 Å². The van der Waals surface area contributed by atoms with Crippen molar-refractivity contribution < 1.29 is 4.79 Å². The molecule has 0 aliphatic rings. The molecule has 1 aromatic heterocycles. The summed E-state index contributed by atoms with van der Waals surface area (Å²) in [6.07, 6.45) is 2.57. The first-order valence-corrected chi connectivity index (χ1v) is 7.42. The smallest absolute Gasteiger partial charge is 0.237 e. The van der Waals surface area contributed by atoms with E-state index < -0.39 is 11.4 Å². The van der Waals surface area contributed by atoms with E-state index in [9.17, 15) is 4.79 Å². The highest BCUT2D eigenvalue weighted by molar-refractivity contribution is 8.00. The van der Waals surface area contributed by atoms with Crippen molar-refractivity contribution >= 4 is 29.0 Å². The van der Waals surface area contributed by atoms with Crippen LogP contribution in [0.5, 0.6) is 0 Å². The van der Waals surface area contributed by atoms with Crippen molar-refractivity contribution in [3.05, 3.63) is 11.1 Å². The molecule has 4 nitrogen and oxygen atoms in total. The molecule has 0 saturated heterocycles. The van der Waals surface area contributed by atoms with Gasteiger partial charge in [-0.3, -0.25) is 4.79 Å². The summed E-state index contributed by atoms with van der Waals surface area (Å²) in [6.45, 7) is 3.68. The zero-order valence-electron chi connectivity index (χ0n) is 10.2. The number of primary amides is 1. The van der Waals surface area contributed by atoms with Crippen molar-refractivity contribution in [3.63, 3.8) is 0 Å². The number of amides is 1. The zero-order valence-corrected chi connectivity index (χ0v) is 11.9. The lowest BCUT2D eigenvalue weighted by Gasteiger charge is -2.19. The van der Waals surface area contributed by atoms with Gasteiger partial charge in [0.2, 0.25) is 5.91 Å². The van der Waals surface area contributed by atoms with Crippen molar-refractivity contribution in [2.75, 3.05) is 5.75 Å². The highest BCUT2D eigenvalue weighted by atomic mass is 32.2. The third-order valence-corrected chi connectivity index (χ3v) is 4.70. The minimum Gasteiger partial charge on any atom is -0.368 e. The van der Waals surface area contributed by atoms with Gasteiger partial charge in [-0.25, -0.2) is 4.98 Å². The van der Waals surface area contributed by atoms with E-state index in [-0.39, 0.29) is 0 Å². The van der Waals surface area contributed by atoms with Crippen LogP contribution in [0.25, 0.3) is 0 Å². The summed E-state index contributed by atoms with van der Waals surface area (Å²) >= 11 is 3.42. The number of carbonyl (C=O) groups is 1. The van der Waals surface area contributed by atoms with Crippen molar-refractivity contribution in [3.8, 4) is 0 Å². The first kappa shape index (κ1) is 14.5. The summed E-state index contributed by atoms with van der Waals surface area (Å²) in [6, 6.07) is 0. The molecule has 17 heavy (non-hydrogen) atoms. The summed E-state index contributed by atoms with van der Waals surface area (Å²) in [5, 5.41) is 2.05. The molecule has 0 radical (unpaired) electrons. The lowest BCUT2D eigenvalue weighted by atomic mass is 9.96. The van der Waals surface area contributed by atoms with E-state index in [0.717, 1.165) is 28.6 Å². The Morgan fingerprint density at radius 3 is 2.82 bits per heavy atom. The second-order valence-corrected chi connectivity index (χ2v) is 6.54. The lowest BCUT2D eigenvalue weighted by Crippen LogP contribution is -2.49. The van der Waals surface area contributed by atoms with Crippen LogP contribution in [0.15, 0.2) is 9.72 Å². The molecule has 0 aromatic carbocycles. The normalized spacial score (nSPS) is 14.5. The van der Waals surface area contributed by atoms with Gasteiger partial charge in [0.05, 0.1) is 5.54 Å². The van der Waals surface area contributed by atoms with Gasteiger partial charge in [-0.15, -0.1) is 11.3 Å². The number of rotatable bonds is 7. The molecule has 0 fully saturated rings. The molecule has 6 heteroatoms. The molecule has 4 N–H and O–H groups in total. The number of aromatic nitrogens is 1. The first-order chi connectivity index (χ1) is 7.92. The SMILES string of the molecule is Cc1csc(SCCCCC(C)(N)C(N)=O)n1. The lowest BCUT2D eigenvalue weighted by molar-refractivity contribution is -0.122. The Kier molecular flexibility index (Phi) is 5.42. The van der Waals surface area contributed by atoms with Gasteiger partial charge in [-0.2, -0.15) is 0 Å². The molecule has 96 valence electrons. The van der Waals surface area contributed by atoms with Gasteiger partial charge in [0.1, 0.15) is 4.34 Å². The molecule has 1 atom stereocenters. The highest BCUT2D eigenvalue weighted by Crippen LogP contribution is 2.23. The number of nitrogens with zero attached hydrogens (tertiary/aromatic N) is 1. The molecule has 1 unspecified atom stereocenters. The standard InChI is InChI=1S/C11H19N3OS2/c1-8-7-17-10(14-8)16-6-4-3-5-11(2,13)9(12)15/h7H,3-6,13H2,1-2H3,(H2,12,15). The summed E-state index contributed by atoms with van der Waals surface area (Å²) in [5.74, 6) is 0.572. The van der Waals surface area contributed by atoms with Gasteiger partial charge in [-0.1, -0.05) is 18.2 Å². The van der Waals surface area contributed by atoms with Crippen LogP contribution in [0.4, 0.5) is 0 Å². The van der Waals surface area contributed by atoms with Gasteiger partial charge in [0, 0.05) is 16.8 Å². The van der Waals surface area contributed by atoms with E-state index in [4.69, 9.17) is 11.5 Å². The summed E-state index contributed by atoms with van der Waals surface area (Å²) in [5.41, 5.74) is 11.2. The van der Waals surface area contributed by atoms with E-state index in [1.807, 2.05) is 12.3 Å². The maximum absolute atomic E-state index is 11.0. The number of thioether (sulfide) groups is 1. The Bertz CT molecular complexity index is 377. The average Bonchev–Trinajstić information content (AvgIpc) is 2.63. The molecular weight excluding hydrogens is 254 g/mol. The van der Waals surface area contributed by atoms with Gasteiger partial charge >= 0.3 is 0 Å². The maximum Gasteiger partial charge on any atom is 0.237 e.